The summed E-state index contributed by atoms with van der Waals surface area (Å²) >= 11 is 0. The van der Waals surface area contributed by atoms with Crippen molar-refractivity contribution in [1.82, 2.24) is 4.90 Å². The average molecular weight is 254 g/mol. The fourth-order valence-electron chi connectivity index (χ4n) is 4.03. The van der Waals surface area contributed by atoms with Crippen LogP contribution in [-0.2, 0) is 4.74 Å². The van der Waals surface area contributed by atoms with Crippen molar-refractivity contribution in [2.24, 2.45) is 11.1 Å². The zero-order valence-electron chi connectivity index (χ0n) is 12.6. The Morgan fingerprint density at radius 2 is 1.78 bits per heavy atom. The number of hydrogen-bond donors (Lipinski definition) is 1. The van der Waals surface area contributed by atoms with Crippen molar-refractivity contribution < 1.29 is 4.74 Å². The molecule has 0 bridgehead atoms. The first-order valence-corrected chi connectivity index (χ1v) is 7.42. The first-order chi connectivity index (χ1) is 8.33. The van der Waals surface area contributed by atoms with Gasteiger partial charge in [-0.2, -0.15) is 0 Å². The van der Waals surface area contributed by atoms with Gasteiger partial charge in [-0.15, -0.1) is 0 Å². The molecule has 1 heterocycles. The Morgan fingerprint density at radius 1 is 1.11 bits per heavy atom. The summed E-state index contributed by atoms with van der Waals surface area (Å²) in [5.41, 5.74) is 6.70. The van der Waals surface area contributed by atoms with Crippen LogP contribution < -0.4 is 5.73 Å². The third-order valence-electron chi connectivity index (χ3n) is 5.27. The molecule has 1 unspecified atom stereocenters. The van der Waals surface area contributed by atoms with Gasteiger partial charge in [0, 0.05) is 25.2 Å². The SMILES string of the molecule is CC1(C)CN(C2(CN)CCCCC2(C)C)CCO1. The van der Waals surface area contributed by atoms with Crippen LogP contribution in [0.5, 0.6) is 0 Å². The summed E-state index contributed by atoms with van der Waals surface area (Å²) in [6.45, 7) is 12.8. The standard InChI is InChI=1S/C15H30N2O/c1-13(2)7-5-6-8-15(13,11-16)17-9-10-18-14(3,4)12-17/h5-12,16H2,1-4H3. The lowest BCUT2D eigenvalue weighted by Gasteiger charge is -2.58. The predicted octanol–water partition coefficient (Wildman–Crippen LogP) is 2.39. The van der Waals surface area contributed by atoms with E-state index in [2.05, 4.69) is 32.6 Å². The first kappa shape index (κ1) is 14.3. The summed E-state index contributed by atoms with van der Waals surface area (Å²) < 4.78 is 5.86. The van der Waals surface area contributed by atoms with E-state index in [1.165, 1.54) is 25.7 Å². The van der Waals surface area contributed by atoms with Gasteiger partial charge in [0.25, 0.3) is 0 Å². The van der Waals surface area contributed by atoms with Crippen LogP contribution in [0.2, 0.25) is 0 Å². The van der Waals surface area contributed by atoms with Gasteiger partial charge in [0.05, 0.1) is 12.2 Å². The van der Waals surface area contributed by atoms with Crippen LogP contribution in [0.4, 0.5) is 0 Å². The van der Waals surface area contributed by atoms with Crippen LogP contribution in [0.15, 0.2) is 0 Å². The van der Waals surface area contributed by atoms with Crippen molar-refractivity contribution in [2.75, 3.05) is 26.2 Å². The summed E-state index contributed by atoms with van der Waals surface area (Å²) in [6.07, 6.45) is 5.20. The Hall–Kier alpha value is -0.120. The molecule has 1 aliphatic carbocycles. The van der Waals surface area contributed by atoms with Crippen LogP contribution in [0.25, 0.3) is 0 Å². The van der Waals surface area contributed by atoms with E-state index >= 15 is 0 Å². The molecule has 3 nitrogen and oxygen atoms in total. The molecule has 2 aliphatic rings. The highest BCUT2D eigenvalue weighted by molar-refractivity contribution is 5.06. The Kier molecular flexibility index (Phi) is 3.79. The van der Waals surface area contributed by atoms with Gasteiger partial charge < -0.3 is 10.5 Å². The molecule has 0 aromatic carbocycles. The van der Waals surface area contributed by atoms with Gasteiger partial charge in [0.1, 0.15) is 0 Å². The minimum absolute atomic E-state index is 0.0338. The van der Waals surface area contributed by atoms with E-state index in [-0.39, 0.29) is 11.1 Å². The molecule has 106 valence electrons. The van der Waals surface area contributed by atoms with E-state index in [1.54, 1.807) is 0 Å². The zero-order chi connectivity index (χ0) is 13.4. The van der Waals surface area contributed by atoms with Gasteiger partial charge in [-0.25, -0.2) is 0 Å². The molecule has 1 saturated carbocycles. The number of nitrogens with zero attached hydrogens (tertiary/aromatic N) is 1. The molecule has 2 N–H and O–H groups in total. The highest BCUT2D eigenvalue weighted by Crippen LogP contribution is 2.47. The molecule has 1 atom stereocenters. The summed E-state index contributed by atoms with van der Waals surface area (Å²) in [7, 11) is 0. The monoisotopic (exact) mass is 254 g/mol. The van der Waals surface area contributed by atoms with E-state index in [9.17, 15) is 0 Å². The van der Waals surface area contributed by atoms with E-state index in [4.69, 9.17) is 10.5 Å². The number of ether oxygens (including phenoxy) is 1. The van der Waals surface area contributed by atoms with Crippen molar-refractivity contribution >= 4 is 0 Å². The minimum atomic E-state index is -0.0338. The van der Waals surface area contributed by atoms with Crippen LogP contribution >= 0.6 is 0 Å². The fraction of sp³-hybridized carbons (Fsp3) is 1.00. The maximum absolute atomic E-state index is 6.25. The Labute approximate surface area is 112 Å². The minimum Gasteiger partial charge on any atom is -0.373 e. The highest BCUT2D eigenvalue weighted by Gasteiger charge is 2.51. The number of rotatable bonds is 2. The Bertz CT molecular complexity index is 301. The molecule has 0 amide bonds. The molecule has 3 heteroatoms. The Balaban J connectivity index is 2.25. The van der Waals surface area contributed by atoms with Crippen molar-refractivity contribution in [3.8, 4) is 0 Å². The Morgan fingerprint density at radius 3 is 2.33 bits per heavy atom. The van der Waals surface area contributed by atoms with Gasteiger partial charge in [0.2, 0.25) is 0 Å². The molecule has 0 radical (unpaired) electrons. The third-order valence-corrected chi connectivity index (χ3v) is 5.27. The molecule has 2 rings (SSSR count). The smallest absolute Gasteiger partial charge is 0.0753 e. The van der Waals surface area contributed by atoms with E-state index in [0.717, 1.165) is 26.2 Å². The molecule has 2 fully saturated rings. The highest BCUT2D eigenvalue weighted by atomic mass is 16.5. The van der Waals surface area contributed by atoms with Crippen LogP contribution in [-0.4, -0.2) is 42.3 Å². The summed E-state index contributed by atoms with van der Waals surface area (Å²) in [5.74, 6) is 0. The normalized spacial score (nSPS) is 36.5. The van der Waals surface area contributed by atoms with E-state index in [0.29, 0.717) is 5.41 Å². The van der Waals surface area contributed by atoms with Crippen molar-refractivity contribution in [3.05, 3.63) is 0 Å². The van der Waals surface area contributed by atoms with Crippen LogP contribution in [0, 0.1) is 5.41 Å². The summed E-state index contributed by atoms with van der Waals surface area (Å²) in [5, 5.41) is 0. The summed E-state index contributed by atoms with van der Waals surface area (Å²) in [6, 6.07) is 0. The van der Waals surface area contributed by atoms with Crippen LogP contribution in [0.3, 0.4) is 0 Å². The molecular formula is C15H30N2O. The predicted molar refractivity (Wildman–Crippen MR) is 75.6 cm³/mol. The summed E-state index contributed by atoms with van der Waals surface area (Å²) in [4.78, 5) is 2.63. The lowest BCUT2D eigenvalue weighted by Crippen LogP contribution is -2.68. The van der Waals surface area contributed by atoms with Crippen molar-refractivity contribution in [2.45, 2.75) is 64.5 Å². The van der Waals surface area contributed by atoms with Crippen molar-refractivity contribution in [1.29, 1.82) is 0 Å². The molecule has 18 heavy (non-hydrogen) atoms. The second kappa shape index (κ2) is 4.77. The average Bonchev–Trinajstić information content (AvgIpc) is 2.27. The van der Waals surface area contributed by atoms with Gasteiger partial charge in [0.15, 0.2) is 0 Å². The molecule has 1 saturated heterocycles. The second-order valence-electron chi connectivity index (χ2n) is 7.36. The van der Waals surface area contributed by atoms with Gasteiger partial charge in [-0.1, -0.05) is 26.7 Å². The van der Waals surface area contributed by atoms with Gasteiger partial charge >= 0.3 is 0 Å². The van der Waals surface area contributed by atoms with E-state index in [1.807, 2.05) is 0 Å². The maximum atomic E-state index is 6.25. The number of nitrogens with two attached hydrogens (primary N) is 1. The lowest BCUT2D eigenvalue weighted by atomic mass is 9.62. The first-order valence-electron chi connectivity index (χ1n) is 7.42. The fourth-order valence-corrected chi connectivity index (χ4v) is 4.03. The molecule has 1 aliphatic heterocycles. The quantitative estimate of drug-likeness (QED) is 0.822. The largest absolute Gasteiger partial charge is 0.373 e. The number of morpholine rings is 1. The van der Waals surface area contributed by atoms with Crippen molar-refractivity contribution in [3.63, 3.8) is 0 Å². The maximum Gasteiger partial charge on any atom is 0.0753 e. The van der Waals surface area contributed by atoms with Crippen LogP contribution in [0.1, 0.15) is 53.4 Å². The molecular weight excluding hydrogens is 224 g/mol. The van der Waals surface area contributed by atoms with E-state index < -0.39 is 0 Å². The third kappa shape index (κ3) is 2.33. The topological polar surface area (TPSA) is 38.5 Å². The zero-order valence-corrected chi connectivity index (χ0v) is 12.6. The van der Waals surface area contributed by atoms with Gasteiger partial charge in [-0.3, -0.25) is 4.90 Å². The van der Waals surface area contributed by atoms with Gasteiger partial charge in [-0.05, 0) is 32.1 Å². The number of hydrogen-bond acceptors (Lipinski definition) is 3. The second-order valence-corrected chi connectivity index (χ2v) is 7.36. The molecule has 0 spiro atoms. The lowest BCUT2D eigenvalue weighted by molar-refractivity contribution is -0.148. The molecule has 0 aromatic rings. The molecule has 0 aromatic heterocycles.